The fourth-order valence-electron chi connectivity index (χ4n) is 2.44. The number of aryl methyl sites for hydroxylation is 2. The zero-order valence-corrected chi connectivity index (χ0v) is 14.7. The Labute approximate surface area is 145 Å². The molecule has 1 aromatic heterocycles. The largest absolute Gasteiger partial charge is 0.325 e. The lowest BCUT2D eigenvalue weighted by Crippen LogP contribution is -2.22. The number of nitrogens with one attached hydrogen (secondary N) is 1. The van der Waals surface area contributed by atoms with Crippen LogP contribution in [0, 0.1) is 13.8 Å². The van der Waals surface area contributed by atoms with Crippen LogP contribution in [-0.4, -0.2) is 21.1 Å². The molecule has 0 aliphatic heterocycles. The van der Waals surface area contributed by atoms with Crippen molar-refractivity contribution in [3.05, 3.63) is 59.9 Å². The van der Waals surface area contributed by atoms with Gasteiger partial charge < -0.3 is 5.32 Å². The molecule has 1 atom stereocenters. The third-order valence-corrected chi connectivity index (χ3v) is 4.73. The second-order valence-electron chi connectivity index (χ2n) is 5.71. The number of amides is 1. The fourth-order valence-corrected chi connectivity index (χ4v) is 3.42. The van der Waals surface area contributed by atoms with Crippen molar-refractivity contribution in [3.8, 4) is 0 Å². The molecule has 1 N–H and O–H groups in total. The maximum Gasteiger partial charge on any atom is 0.237 e. The van der Waals surface area contributed by atoms with Gasteiger partial charge in [-0.2, -0.15) is 0 Å². The second kappa shape index (κ2) is 7.01. The minimum Gasteiger partial charge on any atom is -0.325 e. The summed E-state index contributed by atoms with van der Waals surface area (Å²) in [6, 6.07) is 15.7. The molecule has 0 aliphatic carbocycles. The van der Waals surface area contributed by atoms with E-state index in [1.807, 2.05) is 69.3 Å². The van der Waals surface area contributed by atoms with Gasteiger partial charge in [-0.1, -0.05) is 42.1 Å². The summed E-state index contributed by atoms with van der Waals surface area (Å²) in [6.45, 7) is 5.76. The summed E-state index contributed by atoms with van der Waals surface area (Å²) in [5.74, 6) is 0.674. The van der Waals surface area contributed by atoms with E-state index in [1.54, 1.807) is 0 Å². The van der Waals surface area contributed by atoms with E-state index in [0.29, 0.717) is 5.82 Å². The van der Waals surface area contributed by atoms with Crippen molar-refractivity contribution >= 4 is 34.3 Å². The van der Waals surface area contributed by atoms with Crippen molar-refractivity contribution in [1.82, 2.24) is 9.97 Å². The molecule has 0 bridgehead atoms. The Balaban J connectivity index is 1.79. The molecule has 3 aromatic rings. The number of nitrogens with zero attached hydrogens (tertiary/aromatic N) is 2. The van der Waals surface area contributed by atoms with Crippen molar-refractivity contribution in [2.75, 3.05) is 5.32 Å². The van der Waals surface area contributed by atoms with Gasteiger partial charge in [0.05, 0.1) is 10.8 Å². The summed E-state index contributed by atoms with van der Waals surface area (Å²) in [6.07, 6.45) is 0. The minimum absolute atomic E-state index is 0.0362. The van der Waals surface area contributed by atoms with Gasteiger partial charge in [-0.05, 0) is 44.5 Å². The third kappa shape index (κ3) is 3.74. The lowest BCUT2D eigenvalue weighted by molar-refractivity contribution is -0.115. The summed E-state index contributed by atoms with van der Waals surface area (Å²) in [7, 11) is 0. The quantitative estimate of drug-likeness (QED) is 0.567. The summed E-state index contributed by atoms with van der Waals surface area (Å²) < 4.78 is 0. The lowest BCUT2D eigenvalue weighted by atomic mass is 10.2. The van der Waals surface area contributed by atoms with Gasteiger partial charge in [-0.3, -0.25) is 4.79 Å². The normalized spacial score (nSPS) is 12.1. The van der Waals surface area contributed by atoms with Gasteiger partial charge in [0.1, 0.15) is 10.9 Å². The number of carbonyl (C=O) groups is 1. The molecule has 0 aliphatic rings. The molecule has 2 aromatic carbocycles. The van der Waals surface area contributed by atoms with E-state index in [1.165, 1.54) is 11.8 Å². The fraction of sp³-hybridized carbons (Fsp3) is 0.211. The molecule has 0 fully saturated rings. The molecule has 3 rings (SSSR count). The first kappa shape index (κ1) is 16.5. The highest BCUT2D eigenvalue weighted by molar-refractivity contribution is 8.00. The summed E-state index contributed by atoms with van der Waals surface area (Å²) in [5.41, 5.74) is 2.83. The van der Waals surface area contributed by atoms with Gasteiger partial charge >= 0.3 is 0 Å². The van der Waals surface area contributed by atoms with Gasteiger partial charge in [0.25, 0.3) is 0 Å². The standard InChI is InChI=1S/C19H19N3OS/c1-12-7-6-8-15(11-12)22-18(23)13(2)24-19-16-9-4-5-10-17(16)20-14(3)21-19/h4-11,13H,1-3H3,(H,22,23)/t13-/m1/s1. The van der Waals surface area contributed by atoms with Crippen LogP contribution < -0.4 is 5.32 Å². The van der Waals surface area contributed by atoms with Crippen LogP contribution in [0.4, 0.5) is 5.69 Å². The molecule has 0 saturated carbocycles. The Hall–Kier alpha value is -2.40. The SMILES string of the molecule is Cc1cccc(NC(=O)[C@@H](C)Sc2nc(C)nc3ccccc23)c1. The Morgan fingerprint density at radius 2 is 1.88 bits per heavy atom. The predicted molar refractivity (Wildman–Crippen MR) is 99.4 cm³/mol. The zero-order valence-electron chi connectivity index (χ0n) is 13.9. The highest BCUT2D eigenvalue weighted by atomic mass is 32.2. The Bertz CT molecular complexity index is 895. The average molecular weight is 337 g/mol. The van der Waals surface area contributed by atoms with Gasteiger partial charge in [0.2, 0.25) is 5.91 Å². The van der Waals surface area contributed by atoms with Crippen LogP contribution in [0.1, 0.15) is 18.3 Å². The van der Waals surface area contributed by atoms with Gasteiger partial charge in [0, 0.05) is 11.1 Å². The van der Waals surface area contributed by atoms with Crippen LogP contribution in [0.25, 0.3) is 10.9 Å². The van der Waals surface area contributed by atoms with Crippen LogP contribution in [-0.2, 0) is 4.79 Å². The number of para-hydroxylation sites is 1. The monoisotopic (exact) mass is 337 g/mol. The maximum atomic E-state index is 12.5. The van der Waals surface area contributed by atoms with E-state index in [9.17, 15) is 4.79 Å². The second-order valence-corrected chi connectivity index (χ2v) is 7.04. The minimum atomic E-state index is -0.261. The van der Waals surface area contributed by atoms with Crippen molar-refractivity contribution < 1.29 is 4.79 Å². The first-order valence-corrected chi connectivity index (χ1v) is 8.68. The molecule has 24 heavy (non-hydrogen) atoms. The number of hydrogen-bond donors (Lipinski definition) is 1. The molecule has 0 saturated heterocycles. The molecule has 122 valence electrons. The molecule has 1 heterocycles. The number of rotatable bonds is 4. The molecule has 5 heteroatoms. The predicted octanol–water partition coefficient (Wildman–Crippen LogP) is 4.37. The van der Waals surface area contributed by atoms with E-state index < -0.39 is 0 Å². The maximum absolute atomic E-state index is 12.5. The number of thioether (sulfide) groups is 1. The van der Waals surface area contributed by atoms with Crippen molar-refractivity contribution in [2.45, 2.75) is 31.0 Å². The average Bonchev–Trinajstić information content (AvgIpc) is 2.54. The van der Waals surface area contributed by atoms with Crippen LogP contribution in [0.3, 0.4) is 0 Å². The number of aromatic nitrogens is 2. The van der Waals surface area contributed by atoms with Gasteiger partial charge in [-0.15, -0.1) is 0 Å². The van der Waals surface area contributed by atoms with Gasteiger partial charge in [0.15, 0.2) is 0 Å². The van der Waals surface area contributed by atoms with Crippen LogP contribution >= 0.6 is 11.8 Å². The third-order valence-electron chi connectivity index (χ3n) is 3.62. The van der Waals surface area contributed by atoms with E-state index in [0.717, 1.165) is 27.2 Å². The molecular weight excluding hydrogens is 318 g/mol. The highest BCUT2D eigenvalue weighted by Gasteiger charge is 2.17. The molecule has 0 unspecified atom stereocenters. The Kier molecular flexibility index (Phi) is 4.81. The van der Waals surface area contributed by atoms with E-state index in [2.05, 4.69) is 15.3 Å². The lowest BCUT2D eigenvalue weighted by Gasteiger charge is -2.13. The Morgan fingerprint density at radius 1 is 1.08 bits per heavy atom. The zero-order chi connectivity index (χ0) is 17.1. The van der Waals surface area contributed by atoms with Crippen LogP contribution in [0.5, 0.6) is 0 Å². The first-order valence-electron chi connectivity index (χ1n) is 7.80. The van der Waals surface area contributed by atoms with E-state index >= 15 is 0 Å². The topological polar surface area (TPSA) is 54.9 Å². The van der Waals surface area contributed by atoms with E-state index in [-0.39, 0.29) is 11.2 Å². The van der Waals surface area contributed by atoms with Crippen molar-refractivity contribution in [3.63, 3.8) is 0 Å². The van der Waals surface area contributed by atoms with Crippen molar-refractivity contribution in [1.29, 1.82) is 0 Å². The number of hydrogen-bond acceptors (Lipinski definition) is 4. The summed E-state index contributed by atoms with van der Waals surface area (Å²) >= 11 is 1.46. The molecule has 0 radical (unpaired) electrons. The van der Waals surface area contributed by atoms with Crippen molar-refractivity contribution in [2.24, 2.45) is 0 Å². The number of fused-ring (bicyclic) bond motifs is 1. The molecule has 1 amide bonds. The summed E-state index contributed by atoms with van der Waals surface area (Å²) in [5, 5.41) is 4.51. The number of benzene rings is 2. The van der Waals surface area contributed by atoms with Crippen LogP contribution in [0.2, 0.25) is 0 Å². The van der Waals surface area contributed by atoms with Gasteiger partial charge in [-0.25, -0.2) is 9.97 Å². The van der Waals surface area contributed by atoms with Crippen LogP contribution in [0.15, 0.2) is 53.6 Å². The number of carbonyl (C=O) groups excluding carboxylic acids is 1. The Morgan fingerprint density at radius 3 is 2.67 bits per heavy atom. The molecular formula is C19H19N3OS. The molecule has 0 spiro atoms. The molecule has 4 nitrogen and oxygen atoms in total. The highest BCUT2D eigenvalue weighted by Crippen LogP contribution is 2.29. The van der Waals surface area contributed by atoms with E-state index in [4.69, 9.17) is 0 Å². The number of anilines is 1. The summed E-state index contributed by atoms with van der Waals surface area (Å²) in [4.78, 5) is 21.4. The smallest absolute Gasteiger partial charge is 0.237 e. The first-order chi connectivity index (χ1) is 11.5.